The van der Waals surface area contributed by atoms with Crippen LogP contribution in [0.5, 0.6) is 5.75 Å². The summed E-state index contributed by atoms with van der Waals surface area (Å²) in [5, 5.41) is 13.8. The van der Waals surface area contributed by atoms with Crippen molar-refractivity contribution in [1.82, 2.24) is 9.88 Å². The minimum absolute atomic E-state index is 0.0136. The first-order chi connectivity index (χ1) is 16.5. The van der Waals surface area contributed by atoms with Gasteiger partial charge in [-0.05, 0) is 65.9 Å². The van der Waals surface area contributed by atoms with Gasteiger partial charge in [0.1, 0.15) is 17.3 Å². The Morgan fingerprint density at radius 1 is 1.18 bits per heavy atom. The van der Waals surface area contributed by atoms with Crippen molar-refractivity contribution < 1.29 is 23.8 Å². The molecule has 2 aromatic heterocycles. The van der Waals surface area contributed by atoms with Crippen molar-refractivity contribution in [2.75, 3.05) is 13.7 Å². The maximum atomic E-state index is 13.4. The fourth-order valence-electron chi connectivity index (χ4n) is 4.35. The zero-order chi connectivity index (χ0) is 23.8. The number of hydrogen-bond acceptors (Lipinski definition) is 5. The predicted molar refractivity (Wildman–Crippen MR) is 128 cm³/mol. The van der Waals surface area contributed by atoms with Gasteiger partial charge < -0.3 is 19.7 Å². The number of likely N-dealkylation sites (tertiary alicyclic amines) is 1. The molecule has 1 saturated heterocycles. The van der Waals surface area contributed by atoms with E-state index in [4.69, 9.17) is 4.74 Å². The summed E-state index contributed by atoms with van der Waals surface area (Å²) in [6.45, 7) is 0.275. The summed E-state index contributed by atoms with van der Waals surface area (Å²) in [6, 6.07) is 13.9. The predicted octanol–water partition coefficient (Wildman–Crippen LogP) is 5.04. The van der Waals surface area contributed by atoms with Crippen LogP contribution in [0, 0.1) is 5.82 Å². The first-order valence-electron chi connectivity index (χ1n) is 10.7. The Hall–Kier alpha value is -3.91. The summed E-state index contributed by atoms with van der Waals surface area (Å²) in [7, 11) is 1.61. The zero-order valence-corrected chi connectivity index (χ0v) is 19.1. The van der Waals surface area contributed by atoms with Crippen molar-refractivity contribution in [2.24, 2.45) is 0 Å². The molecule has 34 heavy (non-hydrogen) atoms. The van der Waals surface area contributed by atoms with Crippen molar-refractivity contribution >= 4 is 39.7 Å². The van der Waals surface area contributed by atoms with E-state index >= 15 is 0 Å². The molecule has 4 aromatic rings. The van der Waals surface area contributed by atoms with Crippen LogP contribution in [0.4, 0.5) is 4.39 Å². The number of thiophene rings is 1. The molecule has 0 aliphatic carbocycles. The van der Waals surface area contributed by atoms with Gasteiger partial charge in [0.25, 0.3) is 11.7 Å². The molecule has 8 heteroatoms. The van der Waals surface area contributed by atoms with Crippen LogP contribution >= 0.6 is 11.3 Å². The van der Waals surface area contributed by atoms with E-state index < -0.39 is 23.5 Å². The second kappa shape index (κ2) is 8.79. The second-order valence-electron chi connectivity index (χ2n) is 7.99. The van der Waals surface area contributed by atoms with Crippen LogP contribution in [0.1, 0.15) is 22.0 Å². The number of aromatic amines is 1. The molecule has 2 N–H and O–H groups in total. The van der Waals surface area contributed by atoms with Gasteiger partial charge in [-0.25, -0.2) is 4.39 Å². The fraction of sp³-hybridized carbons (Fsp3) is 0.154. The molecule has 1 atom stereocenters. The lowest BCUT2D eigenvalue weighted by Crippen LogP contribution is -2.31. The number of halogens is 1. The number of rotatable bonds is 6. The van der Waals surface area contributed by atoms with Crippen LogP contribution in [0.2, 0.25) is 0 Å². The Morgan fingerprint density at radius 2 is 1.97 bits per heavy atom. The van der Waals surface area contributed by atoms with E-state index in [0.29, 0.717) is 6.42 Å². The number of nitrogens with zero attached hydrogens (tertiary/aromatic N) is 1. The smallest absolute Gasteiger partial charge is 0.295 e. The molecule has 0 spiro atoms. The highest BCUT2D eigenvalue weighted by Gasteiger charge is 2.46. The van der Waals surface area contributed by atoms with Gasteiger partial charge in [-0.1, -0.05) is 6.07 Å². The molecule has 6 nitrogen and oxygen atoms in total. The fourth-order valence-corrected chi connectivity index (χ4v) is 5.19. The van der Waals surface area contributed by atoms with Crippen LogP contribution in [-0.2, 0) is 16.0 Å². The van der Waals surface area contributed by atoms with Gasteiger partial charge in [-0.15, -0.1) is 11.3 Å². The number of Topliss-reactive ketones (excluding diaryl/α,β-unsaturated/α-hetero) is 1. The SMILES string of the molecule is COc1ccc2[nH]cc(CCN3C(=O)C(=O)/C(=C(\O)c4ccc(F)cc4)C3c3cccs3)c2c1. The molecule has 0 bridgehead atoms. The lowest BCUT2D eigenvalue weighted by Gasteiger charge is -2.24. The molecular weight excluding hydrogens is 455 g/mol. The Balaban J connectivity index is 1.52. The molecule has 1 aliphatic rings. The Kier molecular flexibility index (Phi) is 5.67. The molecule has 1 amide bonds. The molecule has 1 fully saturated rings. The summed E-state index contributed by atoms with van der Waals surface area (Å²) < 4.78 is 18.7. The summed E-state index contributed by atoms with van der Waals surface area (Å²) >= 11 is 1.40. The van der Waals surface area contributed by atoms with Crippen molar-refractivity contribution in [3.63, 3.8) is 0 Å². The zero-order valence-electron chi connectivity index (χ0n) is 18.2. The quantitative estimate of drug-likeness (QED) is 0.232. The van der Waals surface area contributed by atoms with Gasteiger partial charge >= 0.3 is 0 Å². The number of ether oxygens (including phenoxy) is 1. The Bertz CT molecular complexity index is 1410. The maximum Gasteiger partial charge on any atom is 0.295 e. The number of methoxy groups -OCH3 is 1. The highest BCUT2D eigenvalue weighted by atomic mass is 32.1. The number of fused-ring (bicyclic) bond motifs is 1. The summed E-state index contributed by atoms with van der Waals surface area (Å²) in [5.41, 5.74) is 2.23. The molecular formula is C26H21FN2O4S. The number of carbonyl (C=O) groups is 2. The third kappa shape index (κ3) is 3.76. The van der Waals surface area contributed by atoms with Crippen LogP contribution in [0.3, 0.4) is 0 Å². The standard InChI is InChI=1S/C26H21FN2O4S/c1-33-18-8-9-20-19(13-18)16(14-28-20)10-11-29-23(21-3-2-12-34-21)22(25(31)26(29)32)24(30)15-4-6-17(27)7-5-15/h2-9,12-14,23,28,30H,10-11H2,1H3/b24-22-. The molecule has 5 rings (SSSR count). The first kappa shape index (κ1) is 21.9. The van der Waals surface area contributed by atoms with Crippen LogP contribution in [0.15, 0.2) is 71.7 Å². The lowest BCUT2D eigenvalue weighted by molar-refractivity contribution is -0.139. The highest BCUT2D eigenvalue weighted by Crippen LogP contribution is 2.41. The molecule has 2 aromatic carbocycles. The van der Waals surface area contributed by atoms with Crippen molar-refractivity contribution in [3.8, 4) is 5.75 Å². The minimum atomic E-state index is -0.749. The van der Waals surface area contributed by atoms with Gasteiger partial charge in [0.05, 0.1) is 18.7 Å². The van der Waals surface area contributed by atoms with E-state index in [0.717, 1.165) is 27.1 Å². The van der Waals surface area contributed by atoms with E-state index in [1.807, 2.05) is 41.9 Å². The van der Waals surface area contributed by atoms with E-state index in [2.05, 4.69) is 4.98 Å². The third-order valence-electron chi connectivity index (χ3n) is 6.07. The van der Waals surface area contributed by atoms with Gasteiger partial charge in [0, 0.05) is 34.1 Å². The van der Waals surface area contributed by atoms with Crippen LogP contribution < -0.4 is 4.74 Å². The first-order valence-corrected chi connectivity index (χ1v) is 11.6. The van der Waals surface area contributed by atoms with E-state index in [1.165, 1.54) is 40.5 Å². The second-order valence-corrected chi connectivity index (χ2v) is 8.97. The van der Waals surface area contributed by atoms with Gasteiger partial charge in [0.2, 0.25) is 0 Å². The largest absolute Gasteiger partial charge is 0.507 e. The van der Waals surface area contributed by atoms with Gasteiger partial charge in [0.15, 0.2) is 0 Å². The van der Waals surface area contributed by atoms with Crippen LogP contribution in [0.25, 0.3) is 16.7 Å². The van der Waals surface area contributed by atoms with Crippen molar-refractivity contribution in [2.45, 2.75) is 12.5 Å². The number of aliphatic hydroxyl groups is 1. The van der Waals surface area contributed by atoms with E-state index in [9.17, 15) is 19.1 Å². The summed E-state index contributed by atoms with van der Waals surface area (Å²) in [6.07, 6.45) is 2.39. The molecule has 0 radical (unpaired) electrons. The minimum Gasteiger partial charge on any atom is -0.507 e. The number of aliphatic hydroxyl groups excluding tert-OH is 1. The molecule has 1 aliphatic heterocycles. The Morgan fingerprint density at radius 3 is 2.68 bits per heavy atom. The number of hydrogen-bond donors (Lipinski definition) is 2. The molecule has 172 valence electrons. The summed E-state index contributed by atoms with van der Waals surface area (Å²) in [5.74, 6) is -1.45. The topological polar surface area (TPSA) is 82.6 Å². The molecule has 0 saturated carbocycles. The lowest BCUT2D eigenvalue weighted by atomic mass is 9.99. The van der Waals surface area contributed by atoms with Crippen LogP contribution in [-0.4, -0.2) is 40.3 Å². The Labute approximate surface area is 198 Å². The van der Waals surface area contributed by atoms with E-state index in [-0.39, 0.29) is 23.4 Å². The normalized spacial score (nSPS) is 17.6. The average molecular weight is 477 g/mol. The van der Waals surface area contributed by atoms with Crippen molar-refractivity contribution in [1.29, 1.82) is 0 Å². The third-order valence-corrected chi connectivity index (χ3v) is 6.99. The summed E-state index contributed by atoms with van der Waals surface area (Å²) in [4.78, 5) is 31.6. The highest BCUT2D eigenvalue weighted by molar-refractivity contribution is 7.10. The number of ketones is 1. The number of benzene rings is 2. The van der Waals surface area contributed by atoms with Crippen molar-refractivity contribution in [3.05, 3.63) is 93.6 Å². The number of nitrogens with one attached hydrogen (secondary N) is 1. The number of aromatic nitrogens is 1. The van der Waals surface area contributed by atoms with E-state index in [1.54, 1.807) is 7.11 Å². The number of carbonyl (C=O) groups excluding carboxylic acids is 2. The molecule has 1 unspecified atom stereocenters. The number of amides is 1. The van der Waals surface area contributed by atoms with Gasteiger partial charge in [-0.2, -0.15) is 0 Å². The maximum absolute atomic E-state index is 13.4. The number of H-pyrrole nitrogens is 1. The average Bonchev–Trinajstić information content (AvgIpc) is 3.57. The van der Waals surface area contributed by atoms with Gasteiger partial charge in [-0.3, -0.25) is 9.59 Å². The monoisotopic (exact) mass is 476 g/mol. The molecule has 3 heterocycles.